The molecule has 1 aliphatic rings. The van der Waals surface area contributed by atoms with Gasteiger partial charge in [-0.25, -0.2) is 0 Å². The summed E-state index contributed by atoms with van der Waals surface area (Å²) >= 11 is 0. The van der Waals surface area contributed by atoms with Gasteiger partial charge in [0, 0.05) is 0 Å². The van der Waals surface area contributed by atoms with Crippen molar-refractivity contribution in [2.24, 2.45) is 0 Å². The molecule has 2 heteroatoms. The normalized spacial score (nSPS) is 15.1. The van der Waals surface area contributed by atoms with Gasteiger partial charge in [0.2, 0.25) is 11.6 Å². The molecule has 1 rings (SSSR count). The largest absolute Gasteiger partial charge is 0.286 e. The lowest BCUT2D eigenvalue weighted by Crippen LogP contribution is -2.10. The van der Waals surface area contributed by atoms with Crippen LogP contribution < -0.4 is 0 Å². The van der Waals surface area contributed by atoms with Gasteiger partial charge in [-0.05, 0) is 24.6 Å². The fourth-order valence-electron chi connectivity index (χ4n) is 0.615. The second kappa shape index (κ2) is 5.47. The van der Waals surface area contributed by atoms with Crippen molar-refractivity contribution in [2.75, 3.05) is 0 Å². The van der Waals surface area contributed by atoms with E-state index in [0.29, 0.717) is 0 Å². The maximum Gasteiger partial charge on any atom is 0.225 e. The van der Waals surface area contributed by atoms with E-state index in [-0.39, 0.29) is 0 Å². The summed E-state index contributed by atoms with van der Waals surface area (Å²) in [5.41, 5.74) is 0.833. The Bertz CT molecular complexity index is 234. The molecule has 1 aliphatic carbocycles. The van der Waals surface area contributed by atoms with E-state index in [1.54, 1.807) is 13.0 Å². The summed E-state index contributed by atoms with van der Waals surface area (Å²) in [7, 11) is 0. The van der Waals surface area contributed by atoms with Gasteiger partial charge in [0.15, 0.2) is 0 Å². The molecule has 0 aromatic carbocycles. The van der Waals surface area contributed by atoms with Gasteiger partial charge in [0.25, 0.3) is 0 Å². The van der Waals surface area contributed by atoms with Gasteiger partial charge in [-0.15, -0.1) is 0 Å². The third kappa shape index (κ3) is 3.86. The zero-order chi connectivity index (χ0) is 9.56. The molecule has 0 aromatic rings. The number of carbonyl (C=O) groups is 2. The van der Waals surface area contributed by atoms with E-state index in [4.69, 9.17) is 0 Å². The average Bonchev–Trinajstić information content (AvgIpc) is 1.99. The average molecular weight is 166 g/mol. The standard InChI is InChI=1S/C7H6O2.C3H8/c1-5-2-3-6(8)7(9)4-5;1-3-2/h2-4H,1H3;3H2,1-2H3. The van der Waals surface area contributed by atoms with E-state index in [9.17, 15) is 9.59 Å². The van der Waals surface area contributed by atoms with E-state index < -0.39 is 11.6 Å². The minimum atomic E-state index is -0.430. The number of carbonyl (C=O) groups excluding carboxylic acids is 2. The summed E-state index contributed by atoms with van der Waals surface area (Å²) < 4.78 is 0. The third-order valence-corrected chi connectivity index (χ3v) is 1.10. The van der Waals surface area contributed by atoms with Gasteiger partial charge in [-0.2, -0.15) is 0 Å². The molecule has 12 heavy (non-hydrogen) atoms. The first-order chi connectivity index (χ1) is 5.61. The molecule has 66 valence electrons. The Balaban J connectivity index is 0.000000354. The lowest BCUT2D eigenvalue weighted by atomic mass is 10.1. The van der Waals surface area contributed by atoms with Crippen LogP contribution in [-0.2, 0) is 9.59 Å². The zero-order valence-electron chi connectivity index (χ0n) is 7.76. The molecule has 0 spiro atoms. The highest BCUT2D eigenvalue weighted by Gasteiger charge is 2.09. The van der Waals surface area contributed by atoms with E-state index in [1.165, 1.54) is 18.6 Å². The van der Waals surface area contributed by atoms with Crippen molar-refractivity contribution in [3.63, 3.8) is 0 Å². The summed E-state index contributed by atoms with van der Waals surface area (Å²) in [6.45, 7) is 6.03. The van der Waals surface area contributed by atoms with Crippen molar-refractivity contribution < 1.29 is 9.59 Å². The number of hydrogen-bond donors (Lipinski definition) is 0. The van der Waals surface area contributed by atoms with Gasteiger partial charge in [0.1, 0.15) is 0 Å². The summed E-state index contributed by atoms with van der Waals surface area (Å²) in [5, 5.41) is 0. The SMILES string of the molecule is CC1=CC(=O)C(=O)C=C1.CCC. The first-order valence-electron chi connectivity index (χ1n) is 4.06. The zero-order valence-corrected chi connectivity index (χ0v) is 7.76. The lowest BCUT2D eigenvalue weighted by molar-refractivity contribution is -0.131. The molecule has 0 aliphatic heterocycles. The van der Waals surface area contributed by atoms with Gasteiger partial charge >= 0.3 is 0 Å². The second-order valence-corrected chi connectivity index (χ2v) is 2.66. The smallest absolute Gasteiger partial charge is 0.225 e. The molecule has 0 unspecified atom stereocenters. The Kier molecular flexibility index (Phi) is 4.93. The highest BCUT2D eigenvalue weighted by molar-refractivity contribution is 6.46. The van der Waals surface area contributed by atoms with Gasteiger partial charge in [-0.3, -0.25) is 9.59 Å². The van der Waals surface area contributed by atoms with Crippen molar-refractivity contribution in [3.8, 4) is 0 Å². The summed E-state index contributed by atoms with van der Waals surface area (Å²) in [6, 6.07) is 0. The number of allylic oxidation sites excluding steroid dienone is 4. The van der Waals surface area contributed by atoms with Crippen molar-refractivity contribution >= 4 is 11.6 Å². The first kappa shape index (κ1) is 10.8. The Labute approximate surface area is 73.0 Å². The minimum absolute atomic E-state index is 0.421. The van der Waals surface area contributed by atoms with Gasteiger partial charge < -0.3 is 0 Å². The van der Waals surface area contributed by atoms with Crippen LogP contribution in [0, 0.1) is 0 Å². The van der Waals surface area contributed by atoms with Gasteiger partial charge in [-0.1, -0.05) is 26.3 Å². The summed E-state index contributed by atoms with van der Waals surface area (Å²) in [5.74, 6) is -0.851. The molecule has 0 atom stereocenters. The van der Waals surface area contributed by atoms with Crippen LogP contribution in [0.15, 0.2) is 23.8 Å². The Morgan fingerprint density at radius 3 is 1.92 bits per heavy atom. The van der Waals surface area contributed by atoms with Crippen LogP contribution in [0.25, 0.3) is 0 Å². The van der Waals surface area contributed by atoms with Crippen molar-refractivity contribution in [3.05, 3.63) is 23.8 Å². The molecule has 0 N–H and O–H groups in total. The molecule has 2 nitrogen and oxygen atoms in total. The molecule has 0 fully saturated rings. The number of ketones is 2. The van der Waals surface area contributed by atoms with Crippen LogP contribution in [-0.4, -0.2) is 11.6 Å². The highest BCUT2D eigenvalue weighted by Crippen LogP contribution is 2.01. The molecule has 0 aromatic heterocycles. The van der Waals surface area contributed by atoms with Crippen LogP contribution >= 0.6 is 0 Å². The predicted octanol–water partition coefficient (Wildman–Crippen LogP) is 2.06. The van der Waals surface area contributed by atoms with Crippen LogP contribution in [0.2, 0.25) is 0 Å². The van der Waals surface area contributed by atoms with E-state index >= 15 is 0 Å². The quantitative estimate of drug-likeness (QED) is 0.407. The molecule has 0 amide bonds. The Hall–Kier alpha value is -1.18. The lowest BCUT2D eigenvalue weighted by Gasteiger charge is -1.95. The van der Waals surface area contributed by atoms with Crippen LogP contribution in [0.5, 0.6) is 0 Å². The topological polar surface area (TPSA) is 34.1 Å². The first-order valence-corrected chi connectivity index (χ1v) is 4.06. The summed E-state index contributed by atoms with van der Waals surface area (Å²) in [4.78, 5) is 21.0. The van der Waals surface area contributed by atoms with Crippen molar-refractivity contribution in [1.29, 1.82) is 0 Å². The number of rotatable bonds is 0. The monoisotopic (exact) mass is 166 g/mol. The molecule has 0 radical (unpaired) electrons. The van der Waals surface area contributed by atoms with E-state index in [0.717, 1.165) is 5.57 Å². The molecule has 0 heterocycles. The molecular formula is C10H14O2. The highest BCUT2D eigenvalue weighted by atomic mass is 16.2. The van der Waals surface area contributed by atoms with Crippen molar-refractivity contribution in [1.82, 2.24) is 0 Å². The van der Waals surface area contributed by atoms with Crippen molar-refractivity contribution in [2.45, 2.75) is 27.2 Å². The maximum atomic E-state index is 10.5. The van der Waals surface area contributed by atoms with E-state index in [1.807, 2.05) is 0 Å². The van der Waals surface area contributed by atoms with Crippen LogP contribution in [0.4, 0.5) is 0 Å². The van der Waals surface area contributed by atoms with Crippen LogP contribution in [0.3, 0.4) is 0 Å². The summed E-state index contributed by atoms with van der Waals surface area (Å²) in [6.07, 6.45) is 5.50. The Morgan fingerprint density at radius 1 is 1.08 bits per heavy atom. The van der Waals surface area contributed by atoms with E-state index in [2.05, 4.69) is 13.8 Å². The fraction of sp³-hybridized carbons (Fsp3) is 0.400. The van der Waals surface area contributed by atoms with Crippen LogP contribution in [0.1, 0.15) is 27.2 Å². The van der Waals surface area contributed by atoms with Gasteiger partial charge in [0.05, 0.1) is 0 Å². The molecule has 0 saturated carbocycles. The molecular weight excluding hydrogens is 152 g/mol. The predicted molar refractivity (Wildman–Crippen MR) is 48.9 cm³/mol. The minimum Gasteiger partial charge on any atom is -0.286 e. The number of hydrogen-bond acceptors (Lipinski definition) is 2. The molecule has 0 bridgehead atoms. The fourth-order valence-corrected chi connectivity index (χ4v) is 0.615. The maximum absolute atomic E-state index is 10.5. The Morgan fingerprint density at radius 2 is 1.58 bits per heavy atom. The second-order valence-electron chi connectivity index (χ2n) is 2.66. The third-order valence-electron chi connectivity index (χ3n) is 1.10. The molecule has 0 saturated heterocycles.